The van der Waals surface area contributed by atoms with E-state index in [1.807, 2.05) is 34.6 Å². The molecule has 1 aromatic heterocycles. The second-order valence-electron chi connectivity index (χ2n) is 7.62. The van der Waals surface area contributed by atoms with Crippen molar-refractivity contribution < 1.29 is 12.9 Å². The summed E-state index contributed by atoms with van der Waals surface area (Å²) in [6, 6.07) is 0. The first-order valence-corrected chi connectivity index (χ1v) is 10.7. The topological polar surface area (TPSA) is 111 Å². The summed E-state index contributed by atoms with van der Waals surface area (Å²) in [6.45, 7) is 9.83. The van der Waals surface area contributed by atoms with Gasteiger partial charge in [-0.3, -0.25) is 0 Å². The van der Waals surface area contributed by atoms with Crippen LogP contribution in [0.1, 0.15) is 58.8 Å². The summed E-state index contributed by atoms with van der Waals surface area (Å²) in [4.78, 5) is 4.70. The summed E-state index contributed by atoms with van der Waals surface area (Å²) in [5.74, 6) is 0.914. The van der Waals surface area contributed by atoms with Crippen molar-refractivity contribution in [2.75, 3.05) is 6.54 Å². The van der Waals surface area contributed by atoms with Crippen LogP contribution in [-0.4, -0.2) is 25.1 Å². The summed E-state index contributed by atoms with van der Waals surface area (Å²) in [6.07, 6.45) is 3.09. The van der Waals surface area contributed by atoms with E-state index < -0.39 is 15.6 Å². The lowest BCUT2D eigenvalue weighted by Crippen LogP contribution is -2.44. The second-order valence-corrected chi connectivity index (χ2v) is 9.33. The van der Waals surface area contributed by atoms with E-state index in [2.05, 4.69) is 14.9 Å². The van der Waals surface area contributed by atoms with Crippen molar-refractivity contribution in [1.82, 2.24) is 14.9 Å². The maximum absolute atomic E-state index is 12.9. The van der Waals surface area contributed by atoms with E-state index in [0.717, 1.165) is 47.1 Å². The molecule has 3 rings (SSSR count). The Morgan fingerprint density at radius 2 is 1.59 bits per heavy atom. The summed E-state index contributed by atoms with van der Waals surface area (Å²) in [7, 11) is -3.63. The lowest BCUT2D eigenvalue weighted by atomic mass is 9.77. The van der Waals surface area contributed by atoms with E-state index in [1.165, 1.54) is 0 Å². The molecule has 1 aliphatic rings. The average molecular weight is 393 g/mol. The highest BCUT2D eigenvalue weighted by Crippen LogP contribution is 2.36. The van der Waals surface area contributed by atoms with Crippen LogP contribution in [0.4, 0.5) is 0 Å². The molecular formula is C19H28N4O3S. The van der Waals surface area contributed by atoms with Gasteiger partial charge in [-0.2, -0.15) is 4.98 Å². The van der Waals surface area contributed by atoms with Crippen molar-refractivity contribution in [2.24, 2.45) is 5.73 Å². The highest BCUT2D eigenvalue weighted by molar-refractivity contribution is 7.89. The van der Waals surface area contributed by atoms with Gasteiger partial charge in [0.2, 0.25) is 15.9 Å². The number of aromatic nitrogens is 2. The molecule has 0 spiro atoms. The second kappa shape index (κ2) is 7.00. The third kappa shape index (κ3) is 3.53. The molecule has 0 radical (unpaired) electrons. The van der Waals surface area contributed by atoms with Crippen molar-refractivity contribution in [3.63, 3.8) is 0 Å². The minimum Gasteiger partial charge on any atom is -0.339 e. The quantitative estimate of drug-likeness (QED) is 0.781. The normalized spacial score (nSPS) is 16.4. The van der Waals surface area contributed by atoms with Crippen molar-refractivity contribution in [2.45, 2.75) is 70.7 Å². The lowest BCUT2D eigenvalue weighted by Gasteiger charge is -2.34. The van der Waals surface area contributed by atoms with Crippen LogP contribution in [0.2, 0.25) is 0 Å². The SMILES string of the molecule is Cc1c(C)c(C)c(S(=O)(=O)NCCc2nc(C3(N)CCC3)no2)c(C)c1C. The minimum absolute atomic E-state index is 0.187. The van der Waals surface area contributed by atoms with E-state index in [0.29, 0.717) is 23.0 Å². The largest absolute Gasteiger partial charge is 0.339 e. The van der Waals surface area contributed by atoms with Crippen molar-refractivity contribution >= 4 is 10.0 Å². The molecule has 1 aromatic carbocycles. The molecule has 1 aliphatic carbocycles. The Kier molecular flexibility index (Phi) is 5.18. The number of sulfonamides is 1. The van der Waals surface area contributed by atoms with Gasteiger partial charge in [0.15, 0.2) is 5.82 Å². The third-order valence-corrected chi connectivity index (χ3v) is 7.72. The zero-order chi connectivity index (χ0) is 20.0. The summed E-state index contributed by atoms with van der Waals surface area (Å²) in [5.41, 5.74) is 10.4. The van der Waals surface area contributed by atoms with Gasteiger partial charge in [0.05, 0.1) is 10.4 Å². The Morgan fingerprint density at radius 1 is 1.04 bits per heavy atom. The van der Waals surface area contributed by atoms with Crippen molar-refractivity contribution in [1.29, 1.82) is 0 Å². The maximum atomic E-state index is 12.9. The molecule has 0 amide bonds. The predicted octanol–water partition coefficient (Wildman–Crippen LogP) is 2.47. The fourth-order valence-corrected chi connectivity index (χ4v) is 5.20. The van der Waals surface area contributed by atoms with E-state index in [1.54, 1.807) is 0 Å². The van der Waals surface area contributed by atoms with Crippen LogP contribution < -0.4 is 10.5 Å². The molecule has 148 valence electrons. The molecule has 0 saturated heterocycles. The average Bonchev–Trinajstić information content (AvgIpc) is 3.05. The number of nitrogens with zero attached hydrogens (tertiary/aromatic N) is 2. The first kappa shape index (κ1) is 20.0. The van der Waals surface area contributed by atoms with Crippen LogP contribution in [0.3, 0.4) is 0 Å². The predicted molar refractivity (Wildman–Crippen MR) is 103 cm³/mol. The molecule has 1 heterocycles. The van der Waals surface area contributed by atoms with Gasteiger partial charge in [0, 0.05) is 13.0 Å². The van der Waals surface area contributed by atoms with Crippen LogP contribution in [0.15, 0.2) is 9.42 Å². The van der Waals surface area contributed by atoms with E-state index in [4.69, 9.17) is 10.3 Å². The van der Waals surface area contributed by atoms with Crippen LogP contribution >= 0.6 is 0 Å². The number of rotatable bonds is 6. The molecule has 3 N–H and O–H groups in total. The molecule has 0 unspecified atom stereocenters. The number of nitrogens with two attached hydrogens (primary N) is 1. The van der Waals surface area contributed by atoms with Gasteiger partial charge in [-0.05, 0) is 81.7 Å². The van der Waals surface area contributed by atoms with Gasteiger partial charge in [0.25, 0.3) is 0 Å². The fourth-order valence-electron chi connectivity index (χ4n) is 3.57. The first-order valence-electron chi connectivity index (χ1n) is 9.25. The van der Waals surface area contributed by atoms with Gasteiger partial charge in [-0.15, -0.1) is 0 Å². The van der Waals surface area contributed by atoms with Crippen LogP contribution in [0.25, 0.3) is 0 Å². The van der Waals surface area contributed by atoms with Crippen LogP contribution in [0, 0.1) is 34.6 Å². The van der Waals surface area contributed by atoms with Gasteiger partial charge in [0.1, 0.15) is 0 Å². The van der Waals surface area contributed by atoms with Gasteiger partial charge in [-0.1, -0.05) is 5.16 Å². The smallest absolute Gasteiger partial charge is 0.241 e. The van der Waals surface area contributed by atoms with Gasteiger partial charge >= 0.3 is 0 Å². The van der Waals surface area contributed by atoms with E-state index >= 15 is 0 Å². The highest BCUT2D eigenvalue weighted by atomic mass is 32.2. The number of nitrogens with one attached hydrogen (secondary N) is 1. The molecule has 7 nitrogen and oxygen atoms in total. The molecule has 0 bridgehead atoms. The molecule has 27 heavy (non-hydrogen) atoms. The molecule has 1 fully saturated rings. The standard InChI is InChI=1S/C19H28N4O3S/c1-11-12(2)14(4)17(15(5)13(11)3)27(24,25)21-10-7-16-22-18(23-26-16)19(20)8-6-9-19/h21H,6-10,20H2,1-5H3. The number of hydrogen-bond donors (Lipinski definition) is 2. The lowest BCUT2D eigenvalue weighted by molar-refractivity contribution is 0.229. The molecule has 1 saturated carbocycles. The van der Waals surface area contributed by atoms with Crippen molar-refractivity contribution in [3.05, 3.63) is 39.5 Å². The van der Waals surface area contributed by atoms with Crippen LogP contribution in [-0.2, 0) is 22.0 Å². The fraction of sp³-hybridized carbons (Fsp3) is 0.579. The summed E-state index contributed by atoms with van der Waals surface area (Å²) < 4.78 is 33.7. The summed E-state index contributed by atoms with van der Waals surface area (Å²) >= 11 is 0. The zero-order valence-corrected chi connectivity index (χ0v) is 17.5. The molecule has 2 aromatic rings. The van der Waals surface area contributed by atoms with Gasteiger partial charge in [-0.25, -0.2) is 13.1 Å². The molecular weight excluding hydrogens is 364 g/mol. The molecule has 8 heteroatoms. The number of benzene rings is 1. The minimum atomic E-state index is -3.63. The Balaban J connectivity index is 1.73. The first-order chi connectivity index (χ1) is 12.6. The van der Waals surface area contributed by atoms with Crippen LogP contribution in [0.5, 0.6) is 0 Å². The molecule has 0 aliphatic heterocycles. The maximum Gasteiger partial charge on any atom is 0.241 e. The highest BCUT2D eigenvalue weighted by Gasteiger charge is 2.38. The Hall–Kier alpha value is -1.77. The summed E-state index contributed by atoms with van der Waals surface area (Å²) in [5, 5.41) is 3.96. The number of hydrogen-bond acceptors (Lipinski definition) is 6. The third-order valence-electron chi connectivity index (χ3n) is 5.99. The Bertz CT molecular complexity index is 946. The molecule has 0 atom stereocenters. The van der Waals surface area contributed by atoms with Crippen molar-refractivity contribution in [3.8, 4) is 0 Å². The zero-order valence-electron chi connectivity index (χ0n) is 16.6. The van der Waals surface area contributed by atoms with Gasteiger partial charge < -0.3 is 10.3 Å². The van der Waals surface area contributed by atoms with E-state index in [9.17, 15) is 8.42 Å². The Morgan fingerprint density at radius 3 is 2.11 bits per heavy atom. The Labute approximate surface area is 160 Å². The monoisotopic (exact) mass is 392 g/mol. The van der Waals surface area contributed by atoms with E-state index in [-0.39, 0.29) is 6.54 Å².